The molecule has 2 aromatic rings. The van der Waals surface area contributed by atoms with Crippen molar-refractivity contribution in [1.82, 2.24) is 4.90 Å². The van der Waals surface area contributed by atoms with Crippen LogP contribution in [0.5, 0.6) is 0 Å². The molecule has 0 radical (unpaired) electrons. The maximum absolute atomic E-state index is 12.9. The Morgan fingerprint density at radius 1 is 1.04 bits per heavy atom. The highest BCUT2D eigenvalue weighted by molar-refractivity contribution is 6.07. The van der Waals surface area contributed by atoms with Gasteiger partial charge >= 0.3 is 0 Å². The minimum absolute atomic E-state index is 0.0270. The van der Waals surface area contributed by atoms with Gasteiger partial charge in [0.2, 0.25) is 0 Å². The van der Waals surface area contributed by atoms with Crippen molar-refractivity contribution < 1.29 is 4.79 Å². The van der Waals surface area contributed by atoms with Gasteiger partial charge in [-0.05, 0) is 42.3 Å². The molecule has 5 heteroatoms. The number of nitrogens with zero attached hydrogens (tertiary/aromatic N) is 3. The summed E-state index contributed by atoms with van der Waals surface area (Å²) < 4.78 is 0. The van der Waals surface area contributed by atoms with Crippen LogP contribution in [0.1, 0.15) is 24.2 Å². The molecule has 27 heavy (non-hydrogen) atoms. The first-order chi connectivity index (χ1) is 13.0. The lowest BCUT2D eigenvalue weighted by Crippen LogP contribution is -2.47. The molecule has 1 fully saturated rings. The standard InChI is InChI=1S/C22H30N4O/c1-17(2)16-25-12-14-26(15-13-25)21-7-5-4-6-20(21)24(3)22(27)18-8-10-19(23)11-9-18/h4-11,17H,12-16,23H2,1-3H3. The zero-order valence-corrected chi connectivity index (χ0v) is 16.6. The topological polar surface area (TPSA) is 52.8 Å². The van der Waals surface area contributed by atoms with Crippen LogP contribution in [0.3, 0.4) is 0 Å². The van der Waals surface area contributed by atoms with Crippen LogP contribution >= 0.6 is 0 Å². The highest BCUT2D eigenvalue weighted by atomic mass is 16.2. The summed E-state index contributed by atoms with van der Waals surface area (Å²) in [7, 11) is 1.84. The quantitative estimate of drug-likeness (QED) is 0.825. The molecule has 1 heterocycles. The number of hydrogen-bond donors (Lipinski definition) is 1. The third-order valence-electron chi connectivity index (χ3n) is 5.04. The zero-order valence-electron chi connectivity index (χ0n) is 16.6. The summed E-state index contributed by atoms with van der Waals surface area (Å²) in [6, 6.07) is 15.2. The Hall–Kier alpha value is -2.53. The van der Waals surface area contributed by atoms with Gasteiger partial charge in [-0.25, -0.2) is 0 Å². The lowest BCUT2D eigenvalue weighted by atomic mass is 10.1. The maximum atomic E-state index is 12.9. The number of rotatable bonds is 5. The molecule has 2 N–H and O–H groups in total. The van der Waals surface area contributed by atoms with Gasteiger partial charge in [0.15, 0.2) is 0 Å². The van der Waals surface area contributed by atoms with E-state index in [0.717, 1.165) is 44.1 Å². The Bertz CT molecular complexity index is 764. The predicted molar refractivity (Wildman–Crippen MR) is 114 cm³/mol. The monoisotopic (exact) mass is 366 g/mol. The van der Waals surface area contributed by atoms with Crippen molar-refractivity contribution in [3.05, 3.63) is 54.1 Å². The van der Waals surface area contributed by atoms with E-state index < -0.39 is 0 Å². The van der Waals surface area contributed by atoms with Gasteiger partial charge in [-0.2, -0.15) is 0 Å². The maximum Gasteiger partial charge on any atom is 0.258 e. The predicted octanol–water partition coefficient (Wildman–Crippen LogP) is 3.32. The number of nitrogen functional groups attached to an aromatic ring is 1. The molecule has 1 saturated heterocycles. The lowest BCUT2D eigenvalue weighted by Gasteiger charge is -2.38. The summed E-state index contributed by atoms with van der Waals surface area (Å²) in [6.45, 7) is 9.75. The zero-order chi connectivity index (χ0) is 19.4. The van der Waals surface area contributed by atoms with Crippen molar-refractivity contribution in [2.24, 2.45) is 5.92 Å². The number of para-hydroxylation sites is 2. The molecule has 0 atom stereocenters. The molecule has 0 aromatic heterocycles. The van der Waals surface area contributed by atoms with Crippen molar-refractivity contribution in [2.75, 3.05) is 55.3 Å². The van der Waals surface area contributed by atoms with Crippen LogP contribution in [0.25, 0.3) is 0 Å². The van der Waals surface area contributed by atoms with Crippen molar-refractivity contribution in [2.45, 2.75) is 13.8 Å². The first-order valence-electron chi connectivity index (χ1n) is 9.65. The number of hydrogen-bond acceptors (Lipinski definition) is 4. The average molecular weight is 367 g/mol. The summed E-state index contributed by atoms with van der Waals surface area (Å²) in [4.78, 5) is 19.6. The Morgan fingerprint density at radius 3 is 2.30 bits per heavy atom. The summed E-state index contributed by atoms with van der Waals surface area (Å²) in [6.07, 6.45) is 0. The van der Waals surface area contributed by atoms with E-state index in [1.165, 1.54) is 0 Å². The molecule has 0 spiro atoms. The molecule has 1 amide bonds. The van der Waals surface area contributed by atoms with Crippen LogP contribution in [0.4, 0.5) is 17.1 Å². The summed E-state index contributed by atoms with van der Waals surface area (Å²) in [5.41, 5.74) is 9.10. The average Bonchev–Trinajstić information content (AvgIpc) is 2.68. The van der Waals surface area contributed by atoms with E-state index in [9.17, 15) is 4.79 Å². The van der Waals surface area contributed by atoms with Gasteiger partial charge in [-0.1, -0.05) is 26.0 Å². The van der Waals surface area contributed by atoms with Crippen LogP contribution in [0.15, 0.2) is 48.5 Å². The highest BCUT2D eigenvalue weighted by Crippen LogP contribution is 2.30. The number of carbonyl (C=O) groups is 1. The summed E-state index contributed by atoms with van der Waals surface area (Å²) in [5, 5.41) is 0. The molecule has 1 aliphatic rings. The Morgan fingerprint density at radius 2 is 1.67 bits per heavy atom. The van der Waals surface area contributed by atoms with Crippen LogP contribution in [-0.2, 0) is 0 Å². The second-order valence-corrected chi connectivity index (χ2v) is 7.66. The molecule has 2 aromatic carbocycles. The Balaban J connectivity index is 1.76. The van der Waals surface area contributed by atoms with Crippen molar-refractivity contribution in [3.63, 3.8) is 0 Å². The van der Waals surface area contributed by atoms with Crippen LogP contribution in [-0.4, -0.2) is 50.6 Å². The lowest BCUT2D eigenvalue weighted by molar-refractivity contribution is 0.0993. The third-order valence-corrected chi connectivity index (χ3v) is 5.04. The molecule has 0 aliphatic carbocycles. The van der Waals surface area contributed by atoms with Gasteiger partial charge in [-0.15, -0.1) is 0 Å². The minimum atomic E-state index is -0.0270. The first kappa shape index (κ1) is 19.2. The SMILES string of the molecule is CC(C)CN1CCN(c2ccccc2N(C)C(=O)c2ccc(N)cc2)CC1. The molecule has 144 valence electrons. The first-order valence-corrected chi connectivity index (χ1v) is 9.65. The number of carbonyl (C=O) groups excluding carboxylic acids is 1. The second kappa shape index (κ2) is 8.44. The van der Waals surface area contributed by atoms with Gasteiger partial charge in [0.05, 0.1) is 11.4 Å². The van der Waals surface area contributed by atoms with Gasteiger partial charge < -0.3 is 15.5 Å². The molecule has 1 aliphatic heterocycles. The van der Waals surface area contributed by atoms with Crippen LogP contribution in [0.2, 0.25) is 0 Å². The van der Waals surface area contributed by atoms with E-state index in [2.05, 4.69) is 29.7 Å². The molecule has 5 nitrogen and oxygen atoms in total. The van der Waals surface area contributed by atoms with Gasteiger partial charge in [-0.3, -0.25) is 9.69 Å². The van der Waals surface area contributed by atoms with E-state index in [-0.39, 0.29) is 5.91 Å². The normalized spacial score (nSPS) is 15.2. The fourth-order valence-electron chi connectivity index (χ4n) is 3.63. The summed E-state index contributed by atoms with van der Waals surface area (Å²) in [5.74, 6) is 0.661. The fourth-order valence-corrected chi connectivity index (χ4v) is 3.63. The van der Waals surface area contributed by atoms with E-state index in [1.807, 2.05) is 25.2 Å². The highest BCUT2D eigenvalue weighted by Gasteiger charge is 2.22. The molecule has 0 bridgehead atoms. The molecule has 3 rings (SSSR count). The number of anilines is 3. The van der Waals surface area contributed by atoms with Gasteiger partial charge in [0, 0.05) is 51.0 Å². The summed E-state index contributed by atoms with van der Waals surface area (Å²) >= 11 is 0. The molecular weight excluding hydrogens is 336 g/mol. The smallest absolute Gasteiger partial charge is 0.258 e. The second-order valence-electron chi connectivity index (χ2n) is 7.66. The molecule has 0 unspecified atom stereocenters. The van der Waals surface area contributed by atoms with Crippen LogP contribution in [0, 0.1) is 5.92 Å². The van der Waals surface area contributed by atoms with E-state index in [0.29, 0.717) is 17.2 Å². The van der Waals surface area contributed by atoms with Crippen molar-refractivity contribution >= 4 is 23.0 Å². The molecule has 0 saturated carbocycles. The van der Waals surface area contributed by atoms with Crippen molar-refractivity contribution in [3.8, 4) is 0 Å². The minimum Gasteiger partial charge on any atom is -0.399 e. The Kier molecular flexibility index (Phi) is 6.01. The number of amides is 1. The van der Waals surface area contributed by atoms with Crippen molar-refractivity contribution in [1.29, 1.82) is 0 Å². The third kappa shape index (κ3) is 4.61. The largest absolute Gasteiger partial charge is 0.399 e. The number of piperazine rings is 1. The van der Waals surface area contributed by atoms with Crippen LogP contribution < -0.4 is 15.5 Å². The number of benzene rings is 2. The fraction of sp³-hybridized carbons (Fsp3) is 0.409. The van der Waals surface area contributed by atoms with Gasteiger partial charge in [0.25, 0.3) is 5.91 Å². The van der Waals surface area contributed by atoms with Gasteiger partial charge in [0.1, 0.15) is 0 Å². The van der Waals surface area contributed by atoms with E-state index >= 15 is 0 Å². The van der Waals surface area contributed by atoms with E-state index in [1.54, 1.807) is 29.2 Å². The Labute approximate surface area is 162 Å². The molecular formula is C22H30N4O. The number of nitrogens with two attached hydrogens (primary N) is 1. The van der Waals surface area contributed by atoms with E-state index in [4.69, 9.17) is 5.73 Å².